The van der Waals surface area contributed by atoms with Gasteiger partial charge in [-0.3, -0.25) is 9.59 Å². The van der Waals surface area contributed by atoms with Crippen LogP contribution in [0.15, 0.2) is 54.6 Å². The maximum atomic E-state index is 12.3. The van der Waals surface area contributed by atoms with Crippen LogP contribution in [0.3, 0.4) is 0 Å². The number of H-pyrrole nitrogens is 1. The Morgan fingerprint density at radius 2 is 1.75 bits per heavy atom. The average molecular weight is 378 g/mol. The molecule has 0 aliphatic carbocycles. The first-order valence-electron chi connectivity index (χ1n) is 9.10. The minimum Gasteiger partial charge on any atom is -0.453 e. The van der Waals surface area contributed by atoms with Gasteiger partial charge < -0.3 is 15.0 Å². The molecule has 0 bridgehead atoms. The number of rotatable bonds is 7. The summed E-state index contributed by atoms with van der Waals surface area (Å²) in [5, 5.41) is 3.68. The number of ketones is 1. The van der Waals surface area contributed by atoms with E-state index in [9.17, 15) is 14.4 Å². The van der Waals surface area contributed by atoms with Crippen molar-refractivity contribution in [2.24, 2.45) is 5.92 Å². The van der Waals surface area contributed by atoms with Crippen LogP contribution in [-0.2, 0) is 9.53 Å². The monoisotopic (exact) mass is 378 g/mol. The first-order valence-corrected chi connectivity index (χ1v) is 9.10. The van der Waals surface area contributed by atoms with Gasteiger partial charge >= 0.3 is 5.97 Å². The summed E-state index contributed by atoms with van der Waals surface area (Å²) in [4.78, 5) is 39.2. The fraction of sp³-hybridized carbons (Fsp3) is 0.227. The molecule has 0 aliphatic heterocycles. The molecule has 1 aromatic heterocycles. The van der Waals surface area contributed by atoms with Crippen LogP contribution in [0.2, 0.25) is 0 Å². The average Bonchev–Trinajstić information content (AvgIpc) is 3.10. The summed E-state index contributed by atoms with van der Waals surface area (Å²) < 4.78 is 5.12. The minimum absolute atomic E-state index is 0.0682. The van der Waals surface area contributed by atoms with Gasteiger partial charge in [0.15, 0.2) is 12.4 Å². The Labute approximate surface area is 162 Å². The topological polar surface area (TPSA) is 88.3 Å². The Morgan fingerprint density at radius 1 is 1.04 bits per heavy atom. The van der Waals surface area contributed by atoms with Crippen LogP contribution >= 0.6 is 0 Å². The molecular formula is C22H22N2O4. The van der Waals surface area contributed by atoms with Crippen LogP contribution in [0.5, 0.6) is 0 Å². The van der Waals surface area contributed by atoms with Crippen LogP contribution in [0.4, 0.5) is 5.69 Å². The lowest BCUT2D eigenvalue weighted by molar-refractivity contribution is -0.116. The Morgan fingerprint density at radius 3 is 2.43 bits per heavy atom. The number of esters is 1. The standard InChI is InChI=1S/C22H22N2O4/c1-14(2)11-21(26)23-17-9-7-15(8-10-17)20(25)13-28-22(27)19-12-16-5-3-4-6-18(16)24-19/h3-10,12,14,24H,11,13H2,1-2H3,(H,23,26). The number of carbonyl (C=O) groups excluding carboxylic acids is 3. The molecule has 0 saturated heterocycles. The van der Waals surface area contributed by atoms with Crippen molar-refractivity contribution in [2.75, 3.05) is 11.9 Å². The number of carbonyl (C=O) groups is 3. The third-order valence-corrected chi connectivity index (χ3v) is 4.17. The molecule has 144 valence electrons. The fourth-order valence-electron chi connectivity index (χ4n) is 2.80. The van der Waals surface area contributed by atoms with Gasteiger partial charge in [0.1, 0.15) is 5.69 Å². The number of aromatic nitrogens is 1. The number of aromatic amines is 1. The maximum absolute atomic E-state index is 12.3. The van der Waals surface area contributed by atoms with Gasteiger partial charge in [-0.2, -0.15) is 0 Å². The number of amides is 1. The number of anilines is 1. The van der Waals surface area contributed by atoms with Gasteiger partial charge in [0.2, 0.25) is 5.91 Å². The van der Waals surface area contributed by atoms with E-state index in [1.54, 1.807) is 30.3 Å². The molecule has 3 rings (SSSR count). The van der Waals surface area contributed by atoms with Crippen molar-refractivity contribution >= 4 is 34.3 Å². The van der Waals surface area contributed by atoms with Gasteiger partial charge in [0.25, 0.3) is 0 Å². The smallest absolute Gasteiger partial charge is 0.355 e. The summed E-state index contributed by atoms with van der Waals surface area (Å²) in [6, 6.07) is 15.7. The highest BCUT2D eigenvalue weighted by molar-refractivity contribution is 6.00. The lowest BCUT2D eigenvalue weighted by Gasteiger charge is -2.08. The van der Waals surface area contributed by atoms with E-state index in [0.29, 0.717) is 23.4 Å². The Kier molecular flexibility index (Phi) is 5.89. The molecule has 0 aliphatic rings. The molecule has 1 heterocycles. The van der Waals surface area contributed by atoms with Crippen molar-refractivity contribution in [3.63, 3.8) is 0 Å². The molecule has 0 spiro atoms. The van der Waals surface area contributed by atoms with E-state index < -0.39 is 5.97 Å². The van der Waals surface area contributed by atoms with E-state index in [0.717, 1.165) is 10.9 Å². The fourth-order valence-corrected chi connectivity index (χ4v) is 2.80. The van der Waals surface area contributed by atoms with Crippen molar-refractivity contribution in [3.05, 3.63) is 65.9 Å². The van der Waals surface area contributed by atoms with E-state index in [-0.39, 0.29) is 24.2 Å². The molecule has 0 unspecified atom stereocenters. The summed E-state index contributed by atoms with van der Waals surface area (Å²) >= 11 is 0. The lowest BCUT2D eigenvalue weighted by atomic mass is 10.1. The van der Waals surface area contributed by atoms with Crippen LogP contribution in [-0.4, -0.2) is 29.3 Å². The Bertz CT molecular complexity index is 970. The normalized spacial score (nSPS) is 10.8. The molecule has 2 aromatic carbocycles. The molecule has 2 N–H and O–H groups in total. The number of benzene rings is 2. The molecule has 6 heteroatoms. The minimum atomic E-state index is -0.581. The van der Waals surface area contributed by atoms with Crippen molar-refractivity contribution in [1.82, 2.24) is 4.98 Å². The molecule has 0 radical (unpaired) electrons. The largest absolute Gasteiger partial charge is 0.453 e. The zero-order chi connectivity index (χ0) is 20.1. The van der Waals surface area contributed by atoms with Crippen LogP contribution in [0.25, 0.3) is 10.9 Å². The van der Waals surface area contributed by atoms with Gasteiger partial charge in [-0.05, 0) is 42.3 Å². The van der Waals surface area contributed by atoms with Crippen molar-refractivity contribution in [2.45, 2.75) is 20.3 Å². The third kappa shape index (κ3) is 4.85. The van der Waals surface area contributed by atoms with E-state index in [2.05, 4.69) is 10.3 Å². The van der Waals surface area contributed by atoms with Gasteiger partial charge in [-0.1, -0.05) is 32.0 Å². The molecule has 0 fully saturated rings. The first kappa shape index (κ1) is 19.4. The summed E-state index contributed by atoms with van der Waals surface area (Å²) in [7, 11) is 0. The number of hydrogen-bond acceptors (Lipinski definition) is 4. The highest BCUT2D eigenvalue weighted by Gasteiger charge is 2.14. The summed E-state index contributed by atoms with van der Waals surface area (Å²) in [5.74, 6) is -0.694. The number of nitrogens with one attached hydrogen (secondary N) is 2. The summed E-state index contributed by atoms with van der Waals surface area (Å²) in [6.07, 6.45) is 0.435. The second kappa shape index (κ2) is 8.52. The van der Waals surface area contributed by atoms with E-state index in [1.165, 1.54) is 0 Å². The van der Waals surface area contributed by atoms with Crippen molar-refractivity contribution < 1.29 is 19.1 Å². The SMILES string of the molecule is CC(C)CC(=O)Nc1ccc(C(=O)COC(=O)c2cc3ccccc3[nH]2)cc1. The van der Waals surface area contributed by atoms with Gasteiger partial charge in [0, 0.05) is 28.6 Å². The highest BCUT2D eigenvalue weighted by Crippen LogP contribution is 2.16. The second-order valence-corrected chi connectivity index (χ2v) is 6.99. The van der Waals surface area contributed by atoms with Gasteiger partial charge in [0.05, 0.1) is 0 Å². The molecule has 0 saturated carbocycles. The third-order valence-electron chi connectivity index (χ3n) is 4.17. The zero-order valence-electron chi connectivity index (χ0n) is 15.8. The van der Waals surface area contributed by atoms with E-state index in [1.807, 2.05) is 38.1 Å². The molecule has 3 aromatic rings. The van der Waals surface area contributed by atoms with E-state index >= 15 is 0 Å². The second-order valence-electron chi connectivity index (χ2n) is 6.99. The molecular weight excluding hydrogens is 356 g/mol. The molecule has 1 amide bonds. The molecule has 6 nitrogen and oxygen atoms in total. The first-order chi connectivity index (χ1) is 13.4. The summed E-state index contributed by atoms with van der Waals surface area (Å²) in [5.41, 5.74) is 2.16. The lowest BCUT2D eigenvalue weighted by Crippen LogP contribution is -2.15. The van der Waals surface area contributed by atoms with Crippen LogP contribution in [0.1, 0.15) is 41.1 Å². The van der Waals surface area contributed by atoms with E-state index in [4.69, 9.17) is 4.74 Å². The number of fused-ring (bicyclic) bond motifs is 1. The van der Waals surface area contributed by atoms with Crippen LogP contribution < -0.4 is 5.32 Å². The van der Waals surface area contributed by atoms with Crippen LogP contribution in [0, 0.1) is 5.92 Å². The molecule has 28 heavy (non-hydrogen) atoms. The number of para-hydroxylation sites is 1. The maximum Gasteiger partial charge on any atom is 0.355 e. The predicted octanol–water partition coefficient (Wildman–Crippen LogP) is 4.19. The Balaban J connectivity index is 1.55. The Hall–Kier alpha value is -3.41. The van der Waals surface area contributed by atoms with Gasteiger partial charge in [-0.25, -0.2) is 4.79 Å². The van der Waals surface area contributed by atoms with Crippen molar-refractivity contribution in [3.8, 4) is 0 Å². The number of ether oxygens (including phenoxy) is 1. The van der Waals surface area contributed by atoms with Gasteiger partial charge in [-0.15, -0.1) is 0 Å². The van der Waals surface area contributed by atoms with Crippen molar-refractivity contribution in [1.29, 1.82) is 0 Å². The predicted molar refractivity (Wildman–Crippen MR) is 107 cm³/mol. The number of Topliss-reactive ketones (excluding diaryl/α,β-unsaturated/α-hetero) is 1. The number of hydrogen-bond donors (Lipinski definition) is 2. The highest BCUT2D eigenvalue weighted by atomic mass is 16.5. The zero-order valence-corrected chi connectivity index (χ0v) is 15.8. The molecule has 0 atom stereocenters. The quantitative estimate of drug-likeness (QED) is 0.477. The summed E-state index contributed by atoms with van der Waals surface area (Å²) in [6.45, 7) is 3.59.